The van der Waals surface area contributed by atoms with Crippen LogP contribution in [0.5, 0.6) is 0 Å². The molecule has 0 aromatic heterocycles. The highest BCUT2D eigenvalue weighted by Crippen LogP contribution is 2.18. The summed E-state index contributed by atoms with van der Waals surface area (Å²) in [6.07, 6.45) is 5.04. The summed E-state index contributed by atoms with van der Waals surface area (Å²) in [5, 5.41) is 0. The van der Waals surface area contributed by atoms with E-state index < -0.39 is 0 Å². The molecule has 0 aliphatic heterocycles. The first kappa shape index (κ1) is 11.7. The standard InChI is InChI=1S/C11H22O/c1-5-6-7-8-9(2)10(3)11(4)12/h9-10H,5-8H2,1-4H3. The lowest BCUT2D eigenvalue weighted by Gasteiger charge is -2.16. The first-order valence-electron chi connectivity index (χ1n) is 5.10. The van der Waals surface area contributed by atoms with E-state index in [0.29, 0.717) is 11.7 Å². The van der Waals surface area contributed by atoms with E-state index in [1.165, 1.54) is 25.7 Å². The van der Waals surface area contributed by atoms with Crippen LogP contribution in [-0.2, 0) is 4.79 Å². The molecule has 0 rings (SSSR count). The summed E-state index contributed by atoms with van der Waals surface area (Å²) in [5.74, 6) is 1.15. The summed E-state index contributed by atoms with van der Waals surface area (Å²) in [7, 11) is 0. The fourth-order valence-electron chi connectivity index (χ4n) is 1.37. The molecule has 2 atom stereocenters. The fraction of sp³-hybridized carbons (Fsp3) is 0.909. The Morgan fingerprint density at radius 3 is 2.25 bits per heavy atom. The molecule has 1 nitrogen and oxygen atoms in total. The Hall–Kier alpha value is -0.330. The van der Waals surface area contributed by atoms with Crippen LogP contribution in [0.3, 0.4) is 0 Å². The smallest absolute Gasteiger partial charge is 0.132 e. The van der Waals surface area contributed by atoms with Gasteiger partial charge >= 0.3 is 0 Å². The average Bonchev–Trinajstić information content (AvgIpc) is 2.03. The lowest BCUT2D eigenvalue weighted by molar-refractivity contribution is -0.121. The van der Waals surface area contributed by atoms with Crippen LogP contribution in [0.1, 0.15) is 53.4 Å². The van der Waals surface area contributed by atoms with Gasteiger partial charge in [-0.2, -0.15) is 0 Å². The SMILES string of the molecule is CCCCCC(C)C(C)C(C)=O. The third kappa shape index (κ3) is 4.53. The van der Waals surface area contributed by atoms with E-state index in [0.717, 1.165) is 0 Å². The molecular weight excluding hydrogens is 148 g/mol. The quantitative estimate of drug-likeness (QED) is 0.558. The van der Waals surface area contributed by atoms with Gasteiger partial charge in [0.25, 0.3) is 0 Å². The second kappa shape index (κ2) is 6.22. The van der Waals surface area contributed by atoms with Crippen molar-refractivity contribution in [1.29, 1.82) is 0 Å². The Labute approximate surface area is 76.6 Å². The molecule has 72 valence electrons. The average molecular weight is 170 g/mol. The number of carbonyl (C=O) groups excluding carboxylic acids is 1. The summed E-state index contributed by atoms with van der Waals surface area (Å²) in [4.78, 5) is 11.0. The molecular formula is C11H22O. The summed E-state index contributed by atoms with van der Waals surface area (Å²) < 4.78 is 0. The first-order chi connectivity index (χ1) is 5.59. The molecule has 2 unspecified atom stereocenters. The van der Waals surface area contributed by atoms with Gasteiger partial charge in [-0.05, 0) is 12.8 Å². The first-order valence-corrected chi connectivity index (χ1v) is 5.10. The van der Waals surface area contributed by atoms with Gasteiger partial charge in [0.2, 0.25) is 0 Å². The molecule has 0 aliphatic rings. The van der Waals surface area contributed by atoms with E-state index >= 15 is 0 Å². The molecule has 0 spiro atoms. The summed E-state index contributed by atoms with van der Waals surface area (Å²) in [6, 6.07) is 0. The Morgan fingerprint density at radius 2 is 1.83 bits per heavy atom. The van der Waals surface area contributed by atoms with E-state index in [1.54, 1.807) is 6.92 Å². The zero-order valence-electron chi connectivity index (χ0n) is 8.89. The molecule has 0 fully saturated rings. The van der Waals surface area contributed by atoms with Crippen molar-refractivity contribution in [1.82, 2.24) is 0 Å². The highest BCUT2D eigenvalue weighted by molar-refractivity contribution is 5.78. The van der Waals surface area contributed by atoms with Gasteiger partial charge in [0.15, 0.2) is 0 Å². The van der Waals surface area contributed by atoms with E-state index in [9.17, 15) is 4.79 Å². The molecule has 0 aliphatic carbocycles. The predicted molar refractivity (Wildman–Crippen MR) is 53.2 cm³/mol. The maximum Gasteiger partial charge on any atom is 0.132 e. The van der Waals surface area contributed by atoms with Crippen molar-refractivity contribution in [3.8, 4) is 0 Å². The normalized spacial score (nSPS) is 15.7. The number of hydrogen-bond acceptors (Lipinski definition) is 1. The van der Waals surface area contributed by atoms with Gasteiger partial charge in [-0.15, -0.1) is 0 Å². The number of Topliss-reactive ketones (excluding diaryl/α,β-unsaturated/α-hetero) is 1. The summed E-state index contributed by atoms with van der Waals surface area (Å²) >= 11 is 0. The van der Waals surface area contributed by atoms with Crippen LogP contribution in [0.15, 0.2) is 0 Å². The van der Waals surface area contributed by atoms with Crippen molar-refractivity contribution in [2.45, 2.75) is 53.4 Å². The van der Waals surface area contributed by atoms with Gasteiger partial charge < -0.3 is 0 Å². The van der Waals surface area contributed by atoms with Gasteiger partial charge in [0.1, 0.15) is 5.78 Å². The third-order valence-corrected chi connectivity index (χ3v) is 2.76. The molecule has 0 aromatic rings. The largest absolute Gasteiger partial charge is 0.300 e. The second-order valence-corrected chi connectivity index (χ2v) is 3.87. The van der Waals surface area contributed by atoms with Crippen LogP contribution < -0.4 is 0 Å². The highest BCUT2D eigenvalue weighted by atomic mass is 16.1. The molecule has 0 bridgehead atoms. The predicted octanol–water partition coefficient (Wildman–Crippen LogP) is 3.43. The van der Waals surface area contributed by atoms with Crippen molar-refractivity contribution < 1.29 is 4.79 Å². The number of hydrogen-bond donors (Lipinski definition) is 0. The van der Waals surface area contributed by atoms with E-state index in [-0.39, 0.29) is 5.92 Å². The maximum atomic E-state index is 11.0. The molecule has 12 heavy (non-hydrogen) atoms. The van der Waals surface area contributed by atoms with Crippen molar-refractivity contribution in [2.75, 3.05) is 0 Å². The lowest BCUT2D eigenvalue weighted by Crippen LogP contribution is -2.15. The van der Waals surface area contributed by atoms with Gasteiger partial charge in [0.05, 0.1) is 0 Å². The zero-order valence-corrected chi connectivity index (χ0v) is 8.89. The number of carbonyl (C=O) groups is 1. The zero-order chi connectivity index (χ0) is 9.56. The van der Waals surface area contributed by atoms with Crippen LogP contribution in [0.4, 0.5) is 0 Å². The minimum Gasteiger partial charge on any atom is -0.300 e. The molecule has 0 saturated carbocycles. The van der Waals surface area contributed by atoms with Crippen LogP contribution in [0, 0.1) is 11.8 Å². The molecule has 0 N–H and O–H groups in total. The third-order valence-electron chi connectivity index (χ3n) is 2.76. The Morgan fingerprint density at radius 1 is 1.25 bits per heavy atom. The summed E-state index contributed by atoms with van der Waals surface area (Å²) in [5.41, 5.74) is 0. The molecule has 0 heterocycles. The van der Waals surface area contributed by atoms with Crippen LogP contribution >= 0.6 is 0 Å². The molecule has 0 amide bonds. The maximum absolute atomic E-state index is 11.0. The molecule has 0 saturated heterocycles. The van der Waals surface area contributed by atoms with Crippen LogP contribution in [0.2, 0.25) is 0 Å². The van der Waals surface area contributed by atoms with Gasteiger partial charge in [-0.25, -0.2) is 0 Å². The van der Waals surface area contributed by atoms with Gasteiger partial charge in [-0.3, -0.25) is 4.79 Å². The number of rotatable bonds is 6. The minimum atomic E-state index is 0.252. The lowest BCUT2D eigenvalue weighted by atomic mass is 9.88. The van der Waals surface area contributed by atoms with E-state index in [1.807, 2.05) is 6.92 Å². The van der Waals surface area contributed by atoms with E-state index in [2.05, 4.69) is 13.8 Å². The Balaban J connectivity index is 3.56. The Bertz CT molecular complexity index is 129. The van der Waals surface area contributed by atoms with Gasteiger partial charge in [-0.1, -0.05) is 46.5 Å². The van der Waals surface area contributed by atoms with Gasteiger partial charge in [0, 0.05) is 5.92 Å². The minimum absolute atomic E-state index is 0.252. The Kier molecular flexibility index (Phi) is 6.04. The topological polar surface area (TPSA) is 17.1 Å². The van der Waals surface area contributed by atoms with Crippen molar-refractivity contribution in [3.63, 3.8) is 0 Å². The molecule has 0 radical (unpaired) electrons. The fourth-order valence-corrected chi connectivity index (χ4v) is 1.37. The second-order valence-electron chi connectivity index (χ2n) is 3.87. The van der Waals surface area contributed by atoms with Crippen molar-refractivity contribution in [3.05, 3.63) is 0 Å². The van der Waals surface area contributed by atoms with Crippen molar-refractivity contribution >= 4 is 5.78 Å². The number of unbranched alkanes of at least 4 members (excludes halogenated alkanes) is 2. The van der Waals surface area contributed by atoms with Crippen molar-refractivity contribution in [2.24, 2.45) is 11.8 Å². The monoisotopic (exact) mass is 170 g/mol. The highest BCUT2D eigenvalue weighted by Gasteiger charge is 2.15. The molecule has 0 aromatic carbocycles. The summed E-state index contributed by atoms with van der Waals surface area (Å²) in [6.45, 7) is 8.13. The number of ketones is 1. The van der Waals surface area contributed by atoms with Crippen LogP contribution in [0.25, 0.3) is 0 Å². The molecule has 1 heteroatoms. The van der Waals surface area contributed by atoms with E-state index in [4.69, 9.17) is 0 Å². The van der Waals surface area contributed by atoms with Crippen LogP contribution in [-0.4, -0.2) is 5.78 Å².